The number of halogens is 2. The Labute approximate surface area is 119 Å². The predicted octanol–water partition coefficient (Wildman–Crippen LogP) is 3.36. The molecule has 0 bridgehead atoms. The molecule has 0 spiro atoms. The Morgan fingerprint density at radius 2 is 1.84 bits per heavy atom. The van der Waals surface area contributed by atoms with Crippen molar-refractivity contribution in [1.29, 1.82) is 0 Å². The number of benzene rings is 1. The highest BCUT2D eigenvalue weighted by Gasteiger charge is 2.13. The molecule has 98 valence electrons. The summed E-state index contributed by atoms with van der Waals surface area (Å²) >= 11 is 11.5. The van der Waals surface area contributed by atoms with E-state index in [1.807, 2.05) is 0 Å². The molecule has 0 unspecified atom stereocenters. The zero-order chi connectivity index (χ0) is 13.8. The van der Waals surface area contributed by atoms with Crippen molar-refractivity contribution in [3.05, 3.63) is 57.8 Å². The van der Waals surface area contributed by atoms with Crippen LogP contribution in [-0.2, 0) is 4.74 Å². The molecular weight excluding hydrogens is 289 g/mol. The van der Waals surface area contributed by atoms with E-state index in [0.717, 1.165) is 0 Å². The van der Waals surface area contributed by atoms with E-state index in [2.05, 4.69) is 4.98 Å². The Bertz CT molecular complexity index is 588. The van der Waals surface area contributed by atoms with E-state index in [0.29, 0.717) is 15.7 Å². The van der Waals surface area contributed by atoms with Crippen molar-refractivity contribution >= 4 is 35.0 Å². The van der Waals surface area contributed by atoms with Crippen LogP contribution in [0.3, 0.4) is 0 Å². The van der Waals surface area contributed by atoms with Crippen LogP contribution in [0.2, 0.25) is 10.0 Å². The van der Waals surface area contributed by atoms with Crippen molar-refractivity contribution in [1.82, 2.24) is 4.98 Å². The van der Waals surface area contributed by atoms with Gasteiger partial charge in [0, 0.05) is 16.2 Å². The molecule has 0 saturated heterocycles. The van der Waals surface area contributed by atoms with Crippen LogP contribution in [0, 0.1) is 0 Å². The lowest BCUT2D eigenvalue weighted by molar-refractivity contribution is 0.0473. The fourth-order valence-corrected chi connectivity index (χ4v) is 1.99. The molecule has 0 aliphatic carbocycles. The summed E-state index contributed by atoms with van der Waals surface area (Å²) in [6, 6.07) is 7.64. The maximum atomic E-state index is 11.7. The quantitative estimate of drug-likeness (QED) is 0.695. The molecule has 1 aromatic carbocycles. The van der Waals surface area contributed by atoms with Gasteiger partial charge in [-0.25, -0.2) is 4.79 Å². The summed E-state index contributed by atoms with van der Waals surface area (Å²) in [6.07, 6.45) is 1.62. The van der Waals surface area contributed by atoms with Gasteiger partial charge in [0.1, 0.15) is 0 Å². The van der Waals surface area contributed by atoms with Gasteiger partial charge in [0.25, 0.3) is 0 Å². The largest absolute Gasteiger partial charge is 0.454 e. The average Bonchev–Trinajstić information content (AvgIpc) is 2.88. The maximum Gasteiger partial charge on any atom is 0.338 e. The second-order valence-corrected chi connectivity index (χ2v) is 4.61. The van der Waals surface area contributed by atoms with Crippen molar-refractivity contribution < 1.29 is 14.3 Å². The van der Waals surface area contributed by atoms with Crippen molar-refractivity contribution in [2.45, 2.75) is 0 Å². The minimum Gasteiger partial charge on any atom is -0.454 e. The van der Waals surface area contributed by atoms with Crippen molar-refractivity contribution in [3.8, 4) is 0 Å². The van der Waals surface area contributed by atoms with Crippen LogP contribution in [-0.4, -0.2) is 23.3 Å². The summed E-state index contributed by atoms with van der Waals surface area (Å²) in [5.74, 6) is -0.962. The number of Topliss-reactive ketones (excluding diaryl/α,β-unsaturated/α-hetero) is 1. The summed E-state index contributed by atoms with van der Waals surface area (Å²) in [5.41, 5.74) is 0.591. The van der Waals surface area contributed by atoms with E-state index >= 15 is 0 Å². The summed E-state index contributed by atoms with van der Waals surface area (Å²) in [4.78, 5) is 26.1. The first-order valence-electron chi connectivity index (χ1n) is 5.36. The third-order valence-corrected chi connectivity index (χ3v) is 2.77. The van der Waals surface area contributed by atoms with Crippen LogP contribution < -0.4 is 0 Å². The monoisotopic (exact) mass is 297 g/mol. The fraction of sp³-hybridized carbons (Fsp3) is 0.0769. The lowest BCUT2D eigenvalue weighted by Gasteiger charge is -2.04. The number of hydrogen-bond acceptors (Lipinski definition) is 3. The van der Waals surface area contributed by atoms with Crippen molar-refractivity contribution in [2.24, 2.45) is 0 Å². The van der Waals surface area contributed by atoms with Crippen LogP contribution in [0.1, 0.15) is 20.8 Å². The maximum absolute atomic E-state index is 11.7. The molecule has 1 heterocycles. The van der Waals surface area contributed by atoms with Gasteiger partial charge in [-0.1, -0.05) is 23.2 Å². The number of ether oxygens (including phenoxy) is 1. The van der Waals surface area contributed by atoms with Crippen LogP contribution in [0.15, 0.2) is 36.5 Å². The second kappa shape index (κ2) is 5.91. The van der Waals surface area contributed by atoms with E-state index in [1.165, 1.54) is 18.2 Å². The SMILES string of the molecule is O=C(OCC(=O)c1ccc[nH]1)c1cc(Cl)cc(Cl)c1. The molecular formula is C13H9Cl2NO3. The Morgan fingerprint density at radius 3 is 2.42 bits per heavy atom. The van der Waals surface area contributed by atoms with Gasteiger partial charge in [0.15, 0.2) is 6.61 Å². The van der Waals surface area contributed by atoms with Gasteiger partial charge in [-0.3, -0.25) is 4.79 Å². The van der Waals surface area contributed by atoms with E-state index in [4.69, 9.17) is 27.9 Å². The molecule has 1 aromatic heterocycles. The van der Waals surface area contributed by atoms with Gasteiger partial charge in [-0.15, -0.1) is 0 Å². The second-order valence-electron chi connectivity index (χ2n) is 3.74. The number of rotatable bonds is 4. The van der Waals surface area contributed by atoms with E-state index in [-0.39, 0.29) is 18.0 Å². The molecule has 0 fully saturated rings. The molecule has 6 heteroatoms. The summed E-state index contributed by atoms with van der Waals surface area (Å²) in [5, 5.41) is 0.658. The number of carbonyl (C=O) groups excluding carboxylic acids is 2. The van der Waals surface area contributed by atoms with E-state index < -0.39 is 5.97 Å². The first kappa shape index (κ1) is 13.6. The number of esters is 1. The lowest BCUT2D eigenvalue weighted by Crippen LogP contribution is -2.14. The fourth-order valence-electron chi connectivity index (χ4n) is 1.47. The van der Waals surface area contributed by atoms with Crippen molar-refractivity contribution in [3.63, 3.8) is 0 Å². The number of nitrogens with one attached hydrogen (secondary N) is 1. The number of aromatic nitrogens is 1. The van der Waals surface area contributed by atoms with Gasteiger partial charge < -0.3 is 9.72 Å². The summed E-state index contributed by atoms with van der Waals surface area (Å²) in [6.45, 7) is -0.344. The lowest BCUT2D eigenvalue weighted by atomic mass is 10.2. The van der Waals surface area contributed by atoms with E-state index in [1.54, 1.807) is 18.3 Å². The first-order chi connectivity index (χ1) is 9.06. The van der Waals surface area contributed by atoms with Gasteiger partial charge in [0.05, 0.1) is 11.3 Å². The number of aromatic amines is 1. The smallest absolute Gasteiger partial charge is 0.338 e. The molecule has 0 aliphatic heterocycles. The first-order valence-corrected chi connectivity index (χ1v) is 6.11. The summed E-state index contributed by atoms with van der Waals surface area (Å²) < 4.78 is 4.90. The van der Waals surface area contributed by atoms with Gasteiger partial charge in [-0.05, 0) is 30.3 Å². The Morgan fingerprint density at radius 1 is 1.16 bits per heavy atom. The third-order valence-electron chi connectivity index (χ3n) is 2.33. The molecule has 0 atom stereocenters. The number of ketones is 1. The van der Waals surface area contributed by atoms with Gasteiger partial charge in [0.2, 0.25) is 5.78 Å². The zero-order valence-electron chi connectivity index (χ0n) is 9.65. The minimum atomic E-state index is -0.649. The summed E-state index contributed by atoms with van der Waals surface area (Å²) in [7, 11) is 0. The van der Waals surface area contributed by atoms with Crippen LogP contribution in [0.4, 0.5) is 0 Å². The molecule has 1 N–H and O–H groups in total. The molecule has 2 aromatic rings. The Kier molecular flexibility index (Phi) is 4.24. The molecule has 0 saturated carbocycles. The van der Waals surface area contributed by atoms with Crippen molar-refractivity contribution in [2.75, 3.05) is 6.61 Å². The minimum absolute atomic E-state index is 0.205. The van der Waals surface area contributed by atoms with Crippen LogP contribution >= 0.6 is 23.2 Å². The predicted molar refractivity (Wildman–Crippen MR) is 71.9 cm³/mol. The highest BCUT2D eigenvalue weighted by Crippen LogP contribution is 2.19. The van der Waals surface area contributed by atoms with Gasteiger partial charge >= 0.3 is 5.97 Å². The zero-order valence-corrected chi connectivity index (χ0v) is 11.2. The topological polar surface area (TPSA) is 59.2 Å². The Balaban J connectivity index is 2.00. The molecule has 0 amide bonds. The number of H-pyrrole nitrogens is 1. The number of carbonyl (C=O) groups is 2. The highest BCUT2D eigenvalue weighted by atomic mass is 35.5. The van der Waals surface area contributed by atoms with Crippen LogP contribution in [0.5, 0.6) is 0 Å². The molecule has 19 heavy (non-hydrogen) atoms. The van der Waals surface area contributed by atoms with Gasteiger partial charge in [-0.2, -0.15) is 0 Å². The molecule has 4 nitrogen and oxygen atoms in total. The highest BCUT2D eigenvalue weighted by molar-refractivity contribution is 6.35. The molecule has 2 rings (SSSR count). The normalized spacial score (nSPS) is 10.2. The third kappa shape index (κ3) is 3.59. The molecule has 0 aliphatic rings. The average molecular weight is 298 g/mol. The number of hydrogen-bond donors (Lipinski definition) is 1. The Hall–Kier alpha value is -1.78. The molecule has 0 radical (unpaired) electrons. The standard InChI is InChI=1S/C13H9Cl2NO3/c14-9-4-8(5-10(15)6-9)13(18)19-7-12(17)11-2-1-3-16-11/h1-6,16H,7H2. The van der Waals surface area contributed by atoms with Crippen LogP contribution in [0.25, 0.3) is 0 Å². The van der Waals surface area contributed by atoms with E-state index in [9.17, 15) is 9.59 Å².